The van der Waals surface area contributed by atoms with Gasteiger partial charge in [0.1, 0.15) is 5.69 Å². The Morgan fingerprint density at radius 3 is 2.29 bits per heavy atom. The van der Waals surface area contributed by atoms with E-state index in [9.17, 15) is 0 Å². The SMILES string of the molecule is CNc1c(C(C)(C)C)nnn1-c1ccccc1. The predicted molar refractivity (Wildman–Crippen MR) is 69.6 cm³/mol. The summed E-state index contributed by atoms with van der Waals surface area (Å²) in [5.74, 6) is 0.948. The Morgan fingerprint density at radius 2 is 1.76 bits per heavy atom. The molecule has 0 aliphatic carbocycles. The molecule has 1 aromatic heterocycles. The number of nitrogens with zero attached hydrogens (tertiary/aromatic N) is 3. The maximum atomic E-state index is 4.29. The third-order valence-corrected chi connectivity index (χ3v) is 2.62. The molecule has 0 spiro atoms. The molecule has 1 heterocycles. The summed E-state index contributed by atoms with van der Waals surface area (Å²) in [7, 11) is 1.90. The van der Waals surface area contributed by atoms with E-state index in [0.717, 1.165) is 17.2 Å². The van der Waals surface area contributed by atoms with E-state index >= 15 is 0 Å². The third-order valence-electron chi connectivity index (χ3n) is 2.62. The molecule has 0 atom stereocenters. The highest BCUT2D eigenvalue weighted by Crippen LogP contribution is 2.28. The van der Waals surface area contributed by atoms with Crippen LogP contribution in [0.4, 0.5) is 5.82 Å². The molecule has 0 bridgehead atoms. The van der Waals surface area contributed by atoms with Crippen LogP contribution in [0.25, 0.3) is 5.69 Å². The number of benzene rings is 1. The first-order valence-electron chi connectivity index (χ1n) is 5.73. The molecule has 2 aromatic rings. The fourth-order valence-electron chi connectivity index (χ4n) is 1.76. The molecule has 0 saturated heterocycles. The quantitative estimate of drug-likeness (QED) is 0.862. The van der Waals surface area contributed by atoms with Crippen LogP contribution in [0.5, 0.6) is 0 Å². The van der Waals surface area contributed by atoms with Crippen LogP contribution in [0, 0.1) is 0 Å². The minimum Gasteiger partial charge on any atom is -0.371 e. The van der Waals surface area contributed by atoms with Crippen molar-refractivity contribution in [2.45, 2.75) is 26.2 Å². The second-order valence-electron chi connectivity index (χ2n) is 5.03. The summed E-state index contributed by atoms with van der Waals surface area (Å²) < 4.78 is 1.83. The molecule has 17 heavy (non-hydrogen) atoms. The molecule has 2 rings (SSSR count). The van der Waals surface area contributed by atoms with Crippen molar-refractivity contribution in [2.24, 2.45) is 0 Å². The molecule has 0 aliphatic rings. The zero-order valence-electron chi connectivity index (χ0n) is 10.7. The summed E-state index contributed by atoms with van der Waals surface area (Å²) >= 11 is 0. The van der Waals surface area contributed by atoms with Gasteiger partial charge in [-0.25, -0.2) is 0 Å². The number of para-hydroxylation sites is 1. The first kappa shape index (κ1) is 11.6. The van der Waals surface area contributed by atoms with E-state index in [1.165, 1.54) is 0 Å². The summed E-state index contributed by atoms with van der Waals surface area (Å²) in [5.41, 5.74) is 1.97. The van der Waals surface area contributed by atoms with Gasteiger partial charge < -0.3 is 5.32 Å². The lowest BCUT2D eigenvalue weighted by atomic mass is 9.92. The number of hydrogen-bond donors (Lipinski definition) is 1. The number of rotatable bonds is 2. The van der Waals surface area contributed by atoms with Crippen LogP contribution in [0.3, 0.4) is 0 Å². The van der Waals surface area contributed by atoms with Crippen LogP contribution in [0.1, 0.15) is 26.5 Å². The van der Waals surface area contributed by atoms with Gasteiger partial charge in [0.05, 0.1) is 5.69 Å². The third kappa shape index (κ3) is 2.16. The zero-order chi connectivity index (χ0) is 12.5. The van der Waals surface area contributed by atoms with Gasteiger partial charge in [0.2, 0.25) is 0 Å². The van der Waals surface area contributed by atoms with Crippen molar-refractivity contribution < 1.29 is 0 Å². The average Bonchev–Trinajstić information content (AvgIpc) is 2.73. The fourth-order valence-corrected chi connectivity index (χ4v) is 1.76. The molecular weight excluding hydrogens is 212 g/mol. The van der Waals surface area contributed by atoms with E-state index in [4.69, 9.17) is 0 Å². The molecule has 0 fully saturated rings. The molecular formula is C13H18N4. The minimum absolute atomic E-state index is 0.0224. The summed E-state index contributed by atoms with van der Waals surface area (Å²) in [6, 6.07) is 10.0. The molecule has 0 aliphatic heterocycles. The van der Waals surface area contributed by atoms with E-state index < -0.39 is 0 Å². The number of nitrogens with one attached hydrogen (secondary N) is 1. The van der Waals surface area contributed by atoms with Crippen molar-refractivity contribution in [2.75, 3.05) is 12.4 Å². The summed E-state index contributed by atoms with van der Waals surface area (Å²) in [5, 5.41) is 11.7. The molecule has 1 N–H and O–H groups in total. The van der Waals surface area contributed by atoms with Crippen molar-refractivity contribution in [1.82, 2.24) is 15.0 Å². The van der Waals surface area contributed by atoms with Crippen molar-refractivity contribution in [3.8, 4) is 5.69 Å². The topological polar surface area (TPSA) is 42.7 Å². The van der Waals surface area contributed by atoms with E-state index in [1.54, 1.807) is 0 Å². The Balaban J connectivity index is 2.54. The molecule has 0 amide bonds. The maximum Gasteiger partial charge on any atom is 0.153 e. The van der Waals surface area contributed by atoms with Crippen LogP contribution >= 0.6 is 0 Å². The second-order valence-corrected chi connectivity index (χ2v) is 5.03. The summed E-state index contributed by atoms with van der Waals surface area (Å²) in [6.07, 6.45) is 0. The van der Waals surface area contributed by atoms with Gasteiger partial charge in [-0.2, -0.15) is 4.68 Å². The van der Waals surface area contributed by atoms with Gasteiger partial charge in [0.25, 0.3) is 0 Å². The fraction of sp³-hybridized carbons (Fsp3) is 0.385. The van der Waals surface area contributed by atoms with Crippen molar-refractivity contribution >= 4 is 5.82 Å². The molecule has 4 heteroatoms. The minimum atomic E-state index is -0.0224. The molecule has 0 unspecified atom stereocenters. The van der Waals surface area contributed by atoms with Gasteiger partial charge in [0.15, 0.2) is 5.82 Å². The van der Waals surface area contributed by atoms with Crippen LogP contribution in [0.2, 0.25) is 0 Å². The van der Waals surface area contributed by atoms with E-state index in [0.29, 0.717) is 0 Å². The van der Waals surface area contributed by atoms with Crippen molar-refractivity contribution in [1.29, 1.82) is 0 Å². The second kappa shape index (κ2) is 4.20. The number of aromatic nitrogens is 3. The zero-order valence-corrected chi connectivity index (χ0v) is 10.7. The highest BCUT2D eigenvalue weighted by Gasteiger charge is 2.24. The lowest BCUT2D eigenvalue weighted by Gasteiger charge is -2.17. The normalized spacial score (nSPS) is 11.5. The molecule has 90 valence electrons. The Hall–Kier alpha value is -1.84. The first-order valence-corrected chi connectivity index (χ1v) is 5.73. The van der Waals surface area contributed by atoms with Crippen LogP contribution in [0.15, 0.2) is 30.3 Å². The lowest BCUT2D eigenvalue weighted by molar-refractivity contribution is 0.568. The van der Waals surface area contributed by atoms with Gasteiger partial charge in [0, 0.05) is 12.5 Å². The molecule has 1 aromatic carbocycles. The monoisotopic (exact) mass is 230 g/mol. The van der Waals surface area contributed by atoms with Gasteiger partial charge in [-0.1, -0.05) is 44.2 Å². The standard InChI is InChI=1S/C13H18N4/c1-13(2,3)11-12(14-4)17(16-15-11)10-8-6-5-7-9-10/h5-9,14H,1-4H3. The average molecular weight is 230 g/mol. The molecule has 0 radical (unpaired) electrons. The van der Waals surface area contributed by atoms with Crippen molar-refractivity contribution in [3.63, 3.8) is 0 Å². The smallest absolute Gasteiger partial charge is 0.153 e. The predicted octanol–water partition coefficient (Wildman–Crippen LogP) is 2.61. The Morgan fingerprint density at radius 1 is 1.12 bits per heavy atom. The Bertz CT molecular complexity index is 494. The lowest BCUT2D eigenvalue weighted by Crippen LogP contribution is -2.15. The van der Waals surface area contributed by atoms with E-state index in [1.807, 2.05) is 42.1 Å². The van der Waals surface area contributed by atoms with Gasteiger partial charge in [-0.15, -0.1) is 5.10 Å². The van der Waals surface area contributed by atoms with Gasteiger partial charge >= 0.3 is 0 Å². The molecule has 4 nitrogen and oxygen atoms in total. The van der Waals surface area contributed by atoms with Gasteiger partial charge in [-0.05, 0) is 12.1 Å². The number of hydrogen-bond acceptors (Lipinski definition) is 3. The molecule has 0 saturated carbocycles. The van der Waals surface area contributed by atoms with Crippen LogP contribution in [-0.4, -0.2) is 22.0 Å². The van der Waals surface area contributed by atoms with Crippen LogP contribution in [-0.2, 0) is 5.41 Å². The van der Waals surface area contributed by atoms with Crippen LogP contribution < -0.4 is 5.32 Å². The van der Waals surface area contributed by atoms with Crippen molar-refractivity contribution in [3.05, 3.63) is 36.0 Å². The van der Waals surface area contributed by atoms with E-state index in [2.05, 4.69) is 36.4 Å². The Labute approximate surface area is 102 Å². The van der Waals surface area contributed by atoms with Gasteiger partial charge in [-0.3, -0.25) is 0 Å². The first-order chi connectivity index (χ1) is 8.04. The largest absolute Gasteiger partial charge is 0.371 e. The van der Waals surface area contributed by atoms with E-state index in [-0.39, 0.29) is 5.41 Å². The number of anilines is 1. The Kier molecular flexibility index (Phi) is 2.88. The summed E-state index contributed by atoms with van der Waals surface area (Å²) in [6.45, 7) is 6.40. The highest BCUT2D eigenvalue weighted by molar-refractivity contribution is 5.49. The summed E-state index contributed by atoms with van der Waals surface area (Å²) in [4.78, 5) is 0. The maximum absolute atomic E-state index is 4.29. The highest BCUT2D eigenvalue weighted by atomic mass is 15.5.